The summed E-state index contributed by atoms with van der Waals surface area (Å²) in [6, 6.07) is 8.02. The van der Waals surface area contributed by atoms with Gasteiger partial charge in [0.05, 0.1) is 4.92 Å². The fourth-order valence-electron chi connectivity index (χ4n) is 1.65. The number of nitro groups is 1. The van der Waals surface area contributed by atoms with Crippen LogP contribution in [0.15, 0.2) is 36.5 Å². The summed E-state index contributed by atoms with van der Waals surface area (Å²) in [4.78, 5) is 14.1. The summed E-state index contributed by atoms with van der Waals surface area (Å²) >= 11 is 0. The smallest absolute Gasteiger partial charge is 0.269 e. The van der Waals surface area contributed by atoms with E-state index >= 15 is 0 Å². The first-order valence-electron chi connectivity index (χ1n) is 5.64. The van der Waals surface area contributed by atoms with E-state index in [1.165, 1.54) is 12.1 Å². The standard InChI is InChI=1S/C13H13N3O3/c1-9-6-11(16(17)18)2-3-12(9)19-8-10-4-5-15-13(14)7-10/h2-7H,8H2,1H3,(H2,14,15). The van der Waals surface area contributed by atoms with Crippen LogP contribution >= 0.6 is 0 Å². The molecule has 98 valence electrons. The number of hydrogen-bond acceptors (Lipinski definition) is 5. The Labute approximate surface area is 110 Å². The molecule has 0 atom stereocenters. The van der Waals surface area contributed by atoms with Crippen molar-refractivity contribution in [3.8, 4) is 5.75 Å². The molecule has 2 aromatic rings. The van der Waals surface area contributed by atoms with Crippen LogP contribution in [0.1, 0.15) is 11.1 Å². The number of ether oxygens (including phenoxy) is 1. The van der Waals surface area contributed by atoms with E-state index < -0.39 is 4.92 Å². The van der Waals surface area contributed by atoms with Crippen molar-refractivity contribution >= 4 is 11.5 Å². The Morgan fingerprint density at radius 2 is 2.16 bits per heavy atom. The van der Waals surface area contributed by atoms with E-state index in [-0.39, 0.29) is 5.69 Å². The van der Waals surface area contributed by atoms with Crippen molar-refractivity contribution in [2.45, 2.75) is 13.5 Å². The van der Waals surface area contributed by atoms with E-state index in [1.54, 1.807) is 31.3 Å². The fourth-order valence-corrected chi connectivity index (χ4v) is 1.65. The number of nitro benzene ring substituents is 1. The van der Waals surface area contributed by atoms with Crippen molar-refractivity contribution in [2.75, 3.05) is 5.73 Å². The van der Waals surface area contributed by atoms with Crippen molar-refractivity contribution in [2.24, 2.45) is 0 Å². The lowest BCUT2D eigenvalue weighted by Gasteiger charge is -2.09. The number of nitrogens with two attached hydrogens (primary N) is 1. The third kappa shape index (κ3) is 3.19. The second-order valence-corrected chi connectivity index (χ2v) is 4.08. The SMILES string of the molecule is Cc1cc([N+](=O)[O-])ccc1OCc1ccnc(N)c1. The van der Waals surface area contributed by atoms with E-state index in [1.807, 2.05) is 0 Å². The molecule has 0 aliphatic rings. The number of nitrogens with zero attached hydrogens (tertiary/aromatic N) is 2. The van der Waals surface area contributed by atoms with Gasteiger partial charge in [0.2, 0.25) is 0 Å². The molecule has 0 saturated heterocycles. The molecule has 2 N–H and O–H groups in total. The van der Waals surface area contributed by atoms with Crippen molar-refractivity contribution < 1.29 is 9.66 Å². The Kier molecular flexibility index (Phi) is 3.61. The van der Waals surface area contributed by atoms with Crippen LogP contribution in [0.4, 0.5) is 11.5 Å². The summed E-state index contributed by atoms with van der Waals surface area (Å²) in [5.74, 6) is 1.04. The Balaban J connectivity index is 2.10. The average molecular weight is 259 g/mol. The highest BCUT2D eigenvalue weighted by molar-refractivity contribution is 5.43. The van der Waals surface area contributed by atoms with Gasteiger partial charge in [-0.3, -0.25) is 10.1 Å². The number of rotatable bonds is 4. The molecule has 0 unspecified atom stereocenters. The molecule has 19 heavy (non-hydrogen) atoms. The molecule has 0 amide bonds. The summed E-state index contributed by atoms with van der Waals surface area (Å²) in [6.45, 7) is 2.11. The minimum atomic E-state index is -0.430. The zero-order valence-corrected chi connectivity index (χ0v) is 10.4. The molecule has 0 aliphatic carbocycles. The predicted molar refractivity (Wildman–Crippen MR) is 70.8 cm³/mol. The number of aryl methyl sites for hydroxylation is 1. The first-order chi connectivity index (χ1) is 9.06. The maximum absolute atomic E-state index is 10.6. The number of pyridine rings is 1. The molecule has 0 spiro atoms. The highest BCUT2D eigenvalue weighted by Crippen LogP contribution is 2.24. The Morgan fingerprint density at radius 1 is 1.37 bits per heavy atom. The van der Waals surface area contributed by atoms with Gasteiger partial charge in [-0.05, 0) is 36.2 Å². The van der Waals surface area contributed by atoms with Gasteiger partial charge in [-0.15, -0.1) is 0 Å². The topological polar surface area (TPSA) is 91.3 Å². The third-order valence-electron chi connectivity index (χ3n) is 2.61. The van der Waals surface area contributed by atoms with Crippen LogP contribution in [-0.2, 0) is 6.61 Å². The molecule has 0 fully saturated rings. The van der Waals surface area contributed by atoms with Crippen LogP contribution in [0.3, 0.4) is 0 Å². The fraction of sp³-hybridized carbons (Fsp3) is 0.154. The number of anilines is 1. The Hall–Kier alpha value is -2.63. The van der Waals surface area contributed by atoms with E-state index in [0.717, 1.165) is 11.1 Å². The van der Waals surface area contributed by atoms with Gasteiger partial charge in [0.1, 0.15) is 18.2 Å². The first kappa shape index (κ1) is 12.8. The number of non-ortho nitro benzene ring substituents is 1. The van der Waals surface area contributed by atoms with Gasteiger partial charge in [-0.1, -0.05) is 0 Å². The summed E-state index contributed by atoms with van der Waals surface area (Å²) in [5.41, 5.74) is 7.24. The van der Waals surface area contributed by atoms with Gasteiger partial charge in [-0.2, -0.15) is 0 Å². The number of nitrogen functional groups attached to an aromatic ring is 1. The zero-order chi connectivity index (χ0) is 13.8. The second kappa shape index (κ2) is 5.34. The Morgan fingerprint density at radius 3 is 2.79 bits per heavy atom. The van der Waals surface area contributed by atoms with Gasteiger partial charge in [0.25, 0.3) is 5.69 Å². The largest absolute Gasteiger partial charge is 0.489 e. The normalized spacial score (nSPS) is 10.2. The van der Waals surface area contributed by atoms with Crippen molar-refractivity contribution in [1.82, 2.24) is 4.98 Å². The monoisotopic (exact) mass is 259 g/mol. The molecule has 0 saturated carbocycles. The molecule has 1 heterocycles. The first-order valence-corrected chi connectivity index (χ1v) is 5.64. The van der Waals surface area contributed by atoms with Crippen molar-refractivity contribution in [1.29, 1.82) is 0 Å². The van der Waals surface area contributed by atoms with Crippen LogP contribution in [0.25, 0.3) is 0 Å². The Bertz CT molecular complexity index is 614. The van der Waals surface area contributed by atoms with Crippen LogP contribution in [0.2, 0.25) is 0 Å². The summed E-state index contributed by atoms with van der Waals surface area (Å²) in [7, 11) is 0. The molecule has 0 aliphatic heterocycles. The minimum absolute atomic E-state index is 0.0537. The molecule has 2 rings (SSSR count). The molecule has 6 nitrogen and oxygen atoms in total. The van der Waals surface area contributed by atoms with E-state index in [2.05, 4.69) is 4.98 Å². The van der Waals surface area contributed by atoms with E-state index in [9.17, 15) is 10.1 Å². The number of aromatic nitrogens is 1. The van der Waals surface area contributed by atoms with Gasteiger partial charge in [-0.25, -0.2) is 4.98 Å². The third-order valence-corrected chi connectivity index (χ3v) is 2.61. The number of benzene rings is 1. The summed E-state index contributed by atoms with van der Waals surface area (Å²) in [6.07, 6.45) is 1.61. The van der Waals surface area contributed by atoms with Crippen molar-refractivity contribution in [3.05, 3.63) is 57.8 Å². The van der Waals surface area contributed by atoms with Gasteiger partial charge < -0.3 is 10.5 Å². The van der Waals surface area contributed by atoms with Gasteiger partial charge >= 0.3 is 0 Å². The molecule has 1 aromatic heterocycles. The highest BCUT2D eigenvalue weighted by atomic mass is 16.6. The van der Waals surface area contributed by atoms with Gasteiger partial charge in [0.15, 0.2) is 0 Å². The maximum Gasteiger partial charge on any atom is 0.269 e. The lowest BCUT2D eigenvalue weighted by molar-refractivity contribution is -0.384. The van der Waals surface area contributed by atoms with Crippen LogP contribution in [0.5, 0.6) is 5.75 Å². The molecule has 1 aromatic carbocycles. The second-order valence-electron chi connectivity index (χ2n) is 4.08. The molecule has 0 bridgehead atoms. The van der Waals surface area contributed by atoms with E-state index in [4.69, 9.17) is 10.5 Å². The summed E-state index contributed by atoms with van der Waals surface area (Å²) in [5, 5.41) is 10.6. The molecule has 0 radical (unpaired) electrons. The van der Waals surface area contributed by atoms with E-state index in [0.29, 0.717) is 18.2 Å². The molecular weight excluding hydrogens is 246 g/mol. The lowest BCUT2D eigenvalue weighted by Crippen LogP contribution is -1.99. The highest BCUT2D eigenvalue weighted by Gasteiger charge is 2.08. The number of hydrogen-bond donors (Lipinski definition) is 1. The zero-order valence-electron chi connectivity index (χ0n) is 10.4. The van der Waals surface area contributed by atoms with Gasteiger partial charge in [0, 0.05) is 18.3 Å². The predicted octanol–water partition coefficient (Wildman–Crippen LogP) is 2.46. The molecule has 6 heteroatoms. The summed E-state index contributed by atoms with van der Waals surface area (Å²) < 4.78 is 5.61. The minimum Gasteiger partial charge on any atom is -0.489 e. The van der Waals surface area contributed by atoms with Crippen LogP contribution < -0.4 is 10.5 Å². The maximum atomic E-state index is 10.6. The lowest BCUT2D eigenvalue weighted by atomic mass is 10.2. The van der Waals surface area contributed by atoms with Crippen LogP contribution in [0, 0.1) is 17.0 Å². The van der Waals surface area contributed by atoms with Crippen LogP contribution in [-0.4, -0.2) is 9.91 Å². The average Bonchev–Trinajstić information content (AvgIpc) is 2.37. The van der Waals surface area contributed by atoms with Crippen molar-refractivity contribution in [3.63, 3.8) is 0 Å². The quantitative estimate of drug-likeness (QED) is 0.672. The molecular formula is C13H13N3O3.